The number of azo groups is 1. The first kappa shape index (κ1) is 32.9. The number of sulfonamides is 1. The fourth-order valence-corrected chi connectivity index (χ4v) is 6.54. The summed E-state index contributed by atoms with van der Waals surface area (Å²) in [5.74, 6) is -0.651. The van der Waals surface area contributed by atoms with Crippen LogP contribution in [0.3, 0.4) is 0 Å². The number of hydrogen-bond acceptors (Lipinski definition) is 10. The minimum atomic E-state index is -4.63. The summed E-state index contributed by atoms with van der Waals surface area (Å²) in [6, 6.07) is 22.6. The fraction of sp³-hybridized carbons (Fsp3) is 0.0938. The third kappa shape index (κ3) is 7.01. The zero-order valence-electron chi connectivity index (χ0n) is 25.1. The maximum Gasteiger partial charge on any atom is 0.294 e. The summed E-state index contributed by atoms with van der Waals surface area (Å²) >= 11 is 0. The van der Waals surface area contributed by atoms with Crippen LogP contribution in [0.1, 0.15) is 15.9 Å². The minimum absolute atomic E-state index is 0.00597. The third-order valence-corrected chi connectivity index (χ3v) is 9.39. The van der Waals surface area contributed by atoms with Crippen molar-refractivity contribution in [2.75, 3.05) is 24.3 Å². The quantitative estimate of drug-likeness (QED) is 0.0933. The summed E-state index contributed by atoms with van der Waals surface area (Å²) in [4.78, 5) is 12.6. The normalized spacial score (nSPS) is 11.8. The van der Waals surface area contributed by atoms with Gasteiger partial charge in [0.1, 0.15) is 17.2 Å². The molecule has 0 aliphatic heterocycles. The molecular formula is C32H28N4O9S2. The Morgan fingerprint density at radius 3 is 2.19 bits per heavy atom. The van der Waals surface area contributed by atoms with Crippen LogP contribution >= 0.6 is 0 Å². The molecule has 15 heteroatoms. The van der Waals surface area contributed by atoms with Crippen molar-refractivity contribution >= 4 is 59.6 Å². The van der Waals surface area contributed by atoms with Crippen molar-refractivity contribution in [1.29, 1.82) is 0 Å². The molecule has 0 aliphatic carbocycles. The van der Waals surface area contributed by atoms with Crippen LogP contribution in [0.15, 0.2) is 111 Å². The Bertz CT molecular complexity index is 2270. The molecular weight excluding hydrogens is 649 g/mol. The first-order chi connectivity index (χ1) is 22.3. The van der Waals surface area contributed by atoms with Crippen LogP contribution in [0.4, 0.5) is 22.7 Å². The Morgan fingerprint density at radius 2 is 1.47 bits per heavy atom. The van der Waals surface area contributed by atoms with Gasteiger partial charge in [-0.15, -0.1) is 5.11 Å². The molecule has 13 nitrogen and oxygen atoms in total. The number of fused-ring (bicyclic) bond motifs is 1. The molecule has 0 fully saturated rings. The van der Waals surface area contributed by atoms with E-state index in [0.29, 0.717) is 27.8 Å². The summed E-state index contributed by atoms with van der Waals surface area (Å²) in [5.41, 5.74) is 0.463. The molecule has 1 amide bonds. The van der Waals surface area contributed by atoms with E-state index in [4.69, 9.17) is 9.47 Å². The number of carbonyl (C=O) groups is 1. The van der Waals surface area contributed by atoms with Crippen LogP contribution in [-0.4, -0.2) is 46.6 Å². The zero-order valence-corrected chi connectivity index (χ0v) is 26.8. The highest BCUT2D eigenvalue weighted by atomic mass is 32.2. The van der Waals surface area contributed by atoms with Gasteiger partial charge in [-0.3, -0.25) is 14.1 Å². The summed E-state index contributed by atoms with van der Waals surface area (Å²) in [6.07, 6.45) is 0. The number of anilines is 2. The fourth-order valence-electron chi connectivity index (χ4n) is 4.70. The number of aromatic hydroxyl groups is 1. The lowest BCUT2D eigenvalue weighted by Gasteiger charge is -2.14. The zero-order chi connectivity index (χ0) is 33.9. The number of phenolic OH excluding ortho intramolecular Hbond substituents is 1. The SMILES string of the molecule is COc1ccccc1NC(=O)c1cc2ccccc2c(N=Nc2ccc(C)c(S(=O)(=O)Nc3cc(S(=O)(=O)O)ccc3OC)c2)c1O. The third-order valence-electron chi connectivity index (χ3n) is 7.03. The lowest BCUT2D eigenvalue weighted by atomic mass is 10.0. The molecule has 0 bridgehead atoms. The molecule has 0 heterocycles. The van der Waals surface area contributed by atoms with Crippen molar-refractivity contribution in [2.45, 2.75) is 16.7 Å². The lowest BCUT2D eigenvalue weighted by Crippen LogP contribution is -2.15. The van der Waals surface area contributed by atoms with Gasteiger partial charge in [0, 0.05) is 5.39 Å². The van der Waals surface area contributed by atoms with Gasteiger partial charge in [-0.2, -0.15) is 13.5 Å². The van der Waals surface area contributed by atoms with E-state index in [2.05, 4.69) is 20.3 Å². The monoisotopic (exact) mass is 676 g/mol. The standard InChI is InChI=1S/C32H28N4O9S2/c1-19-12-13-21(17-29(19)46(39,40)36-26-18-22(47(41,42)43)14-15-28(26)45-3)34-35-30-23-9-5-4-8-20(23)16-24(31(30)37)32(38)33-25-10-6-7-11-27(25)44-2/h4-18,36-37H,1-3H3,(H,33,38)(H,41,42,43). The molecule has 5 rings (SSSR count). The van der Waals surface area contributed by atoms with Gasteiger partial charge in [-0.25, -0.2) is 8.42 Å². The highest BCUT2D eigenvalue weighted by Crippen LogP contribution is 2.40. The second-order valence-electron chi connectivity index (χ2n) is 10.1. The maximum absolute atomic E-state index is 13.5. The summed E-state index contributed by atoms with van der Waals surface area (Å²) in [5, 5.41) is 23.4. The second-order valence-corrected chi connectivity index (χ2v) is 13.2. The van der Waals surface area contributed by atoms with Crippen molar-refractivity contribution in [3.05, 3.63) is 102 Å². The number of para-hydroxylation sites is 2. The van der Waals surface area contributed by atoms with E-state index in [1.54, 1.807) is 55.5 Å². The van der Waals surface area contributed by atoms with Crippen molar-refractivity contribution in [3.63, 3.8) is 0 Å². The largest absolute Gasteiger partial charge is 0.505 e. The summed E-state index contributed by atoms with van der Waals surface area (Å²) < 4.78 is 72.4. The smallest absolute Gasteiger partial charge is 0.294 e. The topological polar surface area (TPSA) is 193 Å². The number of methoxy groups -OCH3 is 2. The number of nitrogens with zero attached hydrogens (tertiary/aromatic N) is 2. The number of nitrogens with one attached hydrogen (secondary N) is 2. The Labute approximate surface area is 270 Å². The lowest BCUT2D eigenvalue weighted by molar-refractivity contribution is 0.102. The van der Waals surface area contributed by atoms with Crippen LogP contribution in [0.5, 0.6) is 17.2 Å². The van der Waals surface area contributed by atoms with Crippen molar-refractivity contribution in [1.82, 2.24) is 0 Å². The van der Waals surface area contributed by atoms with E-state index in [9.17, 15) is 31.3 Å². The van der Waals surface area contributed by atoms with E-state index >= 15 is 0 Å². The van der Waals surface area contributed by atoms with Gasteiger partial charge in [0.2, 0.25) is 0 Å². The predicted octanol–water partition coefficient (Wildman–Crippen LogP) is 6.59. The number of ether oxygens (including phenoxy) is 2. The molecule has 0 radical (unpaired) electrons. The van der Waals surface area contributed by atoms with Gasteiger partial charge >= 0.3 is 0 Å². The van der Waals surface area contributed by atoms with E-state index in [1.807, 2.05) is 0 Å². The van der Waals surface area contributed by atoms with Crippen LogP contribution < -0.4 is 19.5 Å². The van der Waals surface area contributed by atoms with E-state index in [1.165, 1.54) is 44.6 Å². The van der Waals surface area contributed by atoms with Gasteiger partial charge in [0.15, 0.2) is 5.75 Å². The van der Waals surface area contributed by atoms with Crippen LogP contribution in [0, 0.1) is 6.92 Å². The molecule has 47 heavy (non-hydrogen) atoms. The Hall–Kier alpha value is -5.51. The molecule has 0 saturated carbocycles. The molecule has 5 aromatic carbocycles. The number of hydrogen-bond donors (Lipinski definition) is 4. The van der Waals surface area contributed by atoms with Crippen molar-refractivity contribution in [2.24, 2.45) is 10.2 Å². The summed E-state index contributed by atoms with van der Waals surface area (Å²) in [7, 11) is -6.26. The number of aryl methyl sites for hydroxylation is 1. The van der Waals surface area contributed by atoms with Crippen LogP contribution in [0.2, 0.25) is 0 Å². The molecule has 0 saturated heterocycles. The first-order valence-electron chi connectivity index (χ1n) is 13.7. The Kier molecular flexibility index (Phi) is 9.15. The van der Waals surface area contributed by atoms with Gasteiger partial charge < -0.3 is 19.9 Å². The molecule has 0 spiro atoms. The summed E-state index contributed by atoms with van der Waals surface area (Å²) in [6.45, 7) is 1.55. The highest BCUT2D eigenvalue weighted by molar-refractivity contribution is 7.92. The van der Waals surface area contributed by atoms with Gasteiger partial charge in [0.05, 0.1) is 46.6 Å². The molecule has 242 valence electrons. The number of carbonyl (C=O) groups excluding carboxylic acids is 1. The average Bonchev–Trinajstić information content (AvgIpc) is 3.04. The number of phenols is 1. The Balaban J connectivity index is 1.52. The van der Waals surface area contributed by atoms with E-state index in [-0.39, 0.29) is 33.3 Å². The molecule has 5 aromatic rings. The molecule has 4 N–H and O–H groups in total. The average molecular weight is 677 g/mol. The van der Waals surface area contributed by atoms with Gasteiger partial charge in [-0.1, -0.05) is 42.5 Å². The second kappa shape index (κ2) is 13.1. The van der Waals surface area contributed by atoms with Gasteiger partial charge in [-0.05, 0) is 66.4 Å². The maximum atomic E-state index is 13.5. The highest BCUT2D eigenvalue weighted by Gasteiger charge is 2.23. The Morgan fingerprint density at radius 1 is 0.787 bits per heavy atom. The van der Waals surface area contributed by atoms with Crippen molar-refractivity contribution in [3.8, 4) is 17.2 Å². The van der Waals surface area contributed by atoms with Crippen LogP contribution in [0.25, 0.3) is 10.8 Å². The van der Waals surface area contributed by atoms with Crippen molar-refractivity contribution < 1.29 is 40.8 Å². The molecule has 0 aromatic heterocycles. The molecule has 0 atom stereocenters. The number of rotatable bonds is 10. The number of benzene rings is 5. The number of amides is 1. The van der Waals surface area contributed by atoms with E-state index in [0.717, 1.165) is 12.1 Å². The van der Waals surface area contributed by atoms with Gasteiger partial charge in [0.25, 0.3) is 26.0 Å². The minimum Gasteiger partial charge on any atom is -0.505 e. The first-order valence-corrected chi connectivity index (χ1v) is 16.6. The molecule has 0 aliphatic rings. The van der Waals surface area contributed by atoms with Crippen LogP contribution in [-0.2, 0) is 20.1 Å². The predicted molar refractivity (Wildman–Crippen MR) is 176 cm³/mol. The molecule has 0 unspecified atom stereocenters. The van der Waals surface area contributed by atoms with E-state index < -0.39 is 36.7 Å².